The van der Waals surface area contributed by atoms with Crippen molar-refractivity contribution >= 4 is 0 Å². The zero-order chi connectivity index (χ0) is 11.4. The number of aromatic nitrogens is 4. The summed E-state index contributed by atoms with van der Waals surface area (Å²) in [5.74, 6) is 0.767. The molecule has 1 aromatic rings. The monoisotopic (exact) mass is 224 g/mol. The molecule has 1 aliphatic rings. The molecule has 0 spiro atoms. The summed E-state index contributed by atoms with van der Waals surface area (Å²) in [6, 6.07) is 0.682. The Kier molecular flexibility index (Phi) is 3.84. The van der Waals surface area contributed by atoms with Gasteiger partial charge in [0.2, 0.25) is 0 Å². The number of likely N-dealkylation sites (N-methyl/N-ethyl adjacent to an activating group) is 1. The van der Waals surface area contributed by atoms with Crippen molar-refractivity contribution in [2.45, 2.75) is 32.4 Å². The minimum absolute atomic E-state index is 0.682. The zero-order valence-corrected chi connectivity index (χ0v) is 10.1. The summed E-state index contributed by atoms with van der Waals surface area (Å²) in [5, 5.41) is 15.3. The largest absolute Gasteiger partial charge is 0.308 e. The fourth-order valence-electron chi connectivity index (χ4n) is 2.29. The lowest BCUT2D eigenvalue weighted by molar-refractivity contribution is 0.259. The summed E-state index contributed by atoms with van der Waals surface area (Å²) in [4.78, 5) is 4.02. The minimum Gasteiger partial charge on any atom is -0.308 e. The van der Waals surface area contributed by atoms with Gasteiger partial charge in [-0.05, 0) is 31.1 Å². The normalized spacial score (nSPS) is 21.8. The molecule has 0 saturated carbocycles. The highest BCUT2D eigenvalue weighted by molar-refractivity contribution is 4.82. The second-order valence-corrected chi connectivity index (χ2v) is 4.25. The average molecular weight is 224 g/mol. The first-order valence-corrected chi connectivity index (χ1v) is 5.97. The molecule has 0 radical (unpaired) electrons. The lowest BCUT2D eigenvalue weighted by Crippen LogP contribution is -2.37. The smallest absolute Gasteiger partial charge is 0.188 e. The predicted octanol–water partition coefficient (Wildman–Crippen LogP) is -0.216. The van der Waals surface area contributed by atoms with E-state index in [1.165, 1.54) is 24.2 Å². The molecular formula is C10H20N6. The Balaban J connectivity index is 1.71. The number of rotatable bonds is 5. The molecule has 1 aliphatic heterocycles. The standard InChI is InChI=1S/C10H20N6/c1-3-16-6-4-5-9(16)7-11-8-10-12-14-15(2)13-10/h9,11H,3-8H2,1-2H3. The van der Waals surface area contributed by atoms with Crippen molar-refractivity contribution in [3.8, 4) is 0 Å². The summed E-state index contributed by atoms with van der Waals surface area (Å²) in [7, 11) is 1.78. The molecule has 1 fully saturated rings. The van der Waals surface area contributed by atoms with Crippen molar-refractivity contribution < 1.29 is 0 Å². The lowest BCUT2D eigenvalue weighted by Gasteiger charge is -2.22. The molecule has 90 valence electrons. The Morgan fingerprint density at radius 2 is 2.38 bits per heavy atom. The third kappa shape index (κ3) is 2.76. The topological polar surface area (TPSA) is 58.9 Å². The number of hydrogen-bond donors (Lipinski definition) is 1. The fraction of sp³-hybridized carbons (Fsp3) is 0.900. The van der Waals surface area contributed by atoms with E-state index < -0.39 is 0 Å². The summed E-state index contributed by atoms with van der Waals surface area (Å²) < 4.78 is 0. The van der Waals surface area contributed by atoms with Crippen LogP contribution in [0.3, 0.4) is 0 Å². The molecule has 0 aromatic carbocycles. The van der Waals surface area contributed by atoms with Gasteiger partial charge in [0.15, 0.2) is 5.82 Å². The van der Waals surface area contributed by atoms with Gasteiger partial charge < -0.3 is 5.32 Å². The van der Waals surface area contributed by atoms with Crippen LogP contribution in [-0.4, -0.2) is 50.8 Å². The van der Waals surface area contributed by atoms with Gasteiger partial charge in [0.1, 0.15) is 0 Å². The van der Waals surface area contributed by atoms with Gasteiger partial charge in [-0.3, -0.25) is 4.90 Å². The molecule has 0 amide bonds. The van der Waals surface area contributed by atoms with Crippen LogP contribution in [0.4, 0.5) is 0 Å². The van der Waals surface area contributed by atoms with Crippen molar-refractivity contribution in [2.75, 3.05) is 19.6 Å². The van der Waals surface area contributed by atoms with Crippen LogP contribution in [0.1, 0.15) is 25.6 Å². The van der Waals surface area contributed by atoms with E-state index >= 15 is 0 Å². The first-order valence-electron chi connectivity index (χ1n) is 5.97. The third-order valence-corrected chi connectivity index (χ3v) is 3.12. The molecule has 6 heteroatoms. The van der Waals surface area contributed by atoms with Crippen LogP contribution in [0, 0.1) is 0 Å². The molecule has 16 heavy (non-hydrogen) atoms. The number of aryl methyl sites for hydroxylation is 1. The number of likely N-dealkylation sites (tertiary alicyclic amines) is 1. The maximum Gasteiger partial charge on any atom is 0.188 e. The highest BCUT2D eigenvalue weighted by Crippen LogP contribution is 2.15. The Morgan fingerprint density at radius 1 is 1.50 bits per heavy atom. The van der Waals surface area contributed by atoms with Gasteiger partial charge in [0.05, 0.1) is 13.6 Å². The zero-order valence-electron chi connectivity index (χ0n) is 10.1. The van der Waals surface area contributed by atoms with Crippen molar-refractivity contribution in [3.63, 3.8) is 0 Å². The quantitative estimate of drug-likeness (QED) is 0.749. The van der Waals surface area contributed by atoms with Gasteiger partial charge >= 0.3 is 0 Å². The molecule has 1 unspecified atom stereocenters. The number of nitrogens with zero attached hydrogens (tertiary/aromatic N) is 5. The molecule has 0 aliphatic carbocycles. The second-order valence-electron chi connectivity index (χ2n) is 4.25. The van der Waals surface area contributed by atoms with Gasteiger partial charge in [0.25, 0.3) is 0 Å². The number of nitrogens with one attached hydrogen (secondary N) is 1. The number of hydrogen-bond acceptors (Lipinski definition) is 5. The van der Waals surface area contributed by atoms with Crippen LogP contribution < -0.4 is 5.32 Å². The third-order valence-electron chi connectivity index (χ3n) is 3.12. The molecule has 1 saturated heterocycles. The molecule has 1 atom stereocenters. The molecular weight excluding hydrogens is 204 g/mol. The van der Waals surface area contributed by atoms with Crippen molar-refractivity contribution in [1.29, 1.82) is 0 Å². The van der Waals surface area contributed by atoms with Crippen LogP contribution in [0.5, 0.6) is 0 Å². The van der Waals surface area contributed by atoms with Gasteiger partial charge in [-0.15, -0.1) is 10.2 Å². The average Bonchev–Trinajstić information content (AvgIpc) is 2.87. The molecule has 6 nitrogen and oxygen atoms in total. The summed E-state index contributed by atoms with van der Waals surface area (Å²) in [6.07, 6.45) is 2.62. The summed E-state index contributed by atoms with van der Waals surface area (Å²) >= 11 is 0. The van der Waals surface area contributed by atoms with Crippen LogP contribution in [0.2, 0.25) is 0 Å². The van der Waals surface area contributed by atoms with Crippen LogP contribution >= 0.6 is 0 Å². The molecule has 1 aromatic heterocycles. The number of tetrazole rings is 1. The fourth-order valence-corrected chi connectivity index (χ4v) is 2.29. The lowest BCUT2D eigenvalue weighted by atomic mass is 10.2. The van der Waals surface area contributed by atoms with Crippen LogP contribution in [0.25, 0.3) is 0 Å². The van der Waals surface area contributed by atoms with Crippen molar-refractivity contribution in [1.82, 2.24) is 30.4 Å². The second kappa shape index (κ2) is 5.36. The van der Waals surface area contributed by atoms with Crippen LogP contribution in [0.15, 0.2) is 0 Å². The highest BCUT2D eigenvalue weighted by Gasteiger charge is 2.22. The first kappa shape index (κ1) is 11.5. The van der Waals surface area contributed by atoms with Crippen LogP contribution in [-0.2, 0) is 13.6 Å². The Morgan fingerprint density at radius 3 is 3.06 bits per heavy atom. The van der Waals surface area contributed by atoms with E-state index in [1.807, 2.05) is 0 Å². The molecule has 2 rings (SSSR count). The summed E-state index contributed by atoms with van der Waals surface area (Å²) in [6.45, 7) is 6.35. The van der Waals surface area contributed by atoms with Gasteiger partial charge in [-0.1, -0.05) is 6.92 Å². The van der Waals surface area contributed by atoms with E-state index in [-0.39, 0.29) is 0 Å². The van der Waals surface area contributed by atoms with Gasteiger partial charge in [0, 0.05) is 12.6 Å². The van der Waals surface area contributed by atoms with Crippen molar-refractivity contribution in [3.05, 3.63) is 5.82 Å². The predicted molar refractivity (Wildman–Crippen MR) is 60.8 cm³/mol. The van der Waals surface area contributed by atoms with E-state index in [1.54, 1.807) is 7.05 Å². The van der Waals surface area contributed by atoms with Gasteiger partial charge in [-0.2, -0.15) is 4.80 Å². The SMILES string of the molecule is CCN1CCCC1CNCc1nnn(C)n1. The molecule has 2 heterocycles. The molecule has 1 N–H and O–H groups in total. The van der Waals surface area contributed by atoms with Crippen molar-refractivity contribution in [2.24, 2.45) is 7.05 Å². The van der Waals surface area contributed by atoms with E-state index in [0.29, 0.717) is 12.6 Å². The van der Waals surface area contributed by atoms with E-state index in [9.17, 15) is 0 Å². The molecule has 0 bridgehead atoms. The Hall–Kier alpha value is -1.01. The first-order chi connectivity index (χ1) is 7.79. The maximum absolute atomic E-state index is 4.13. The minimum atomic E-state index is 0.682. The Labute approximate surface area is 96.0 Å². The van der Waals surface area contributed by atoms with E-state index in [4.69, 9.17) is 0 Å². The van der Waals surface area contributed by atoms with Gasteiger partial charge in [-0.25, -0.2) is 0 Å². The maximum atomic E-state index is 4.13. The van der Waals surface area contributed by atoms with E-state index in [0.717, 1.165) is 18.9 Å². The highest BCUT2D eigenvalue weighted by atomic mass is 15.6. The Bertz CT molecular complexity index is 323. The summed E-state index contributed by atoms with van der Waals surface area (Å²) in [5.41, 5.74) is 0. The van der Waals surface area contributed by atoms with E-state index in [2.05, 4.69) is 32.6 Å².